The first-order valence-corrected chi connectivity index (χ1v) is 4.56. The minimum atomic E-state index is -0.232. The molecule has 6 heteroatoms. The molecule has 0 aliphatic carbocycles. The summed E-state index contributed by atoms with van der Waals surface area (Å²) in [6, 6.07) is 0. The van der Waals surface area contributed by atoms with Gasteiger partial charge in [0, 0.05) is 12.4 Å². The van der Waals surface area contributed by atoms with Crippen LogP contribution in [0, 0.1) is 3.70 Å². The number of nitrogens with zero attached hydrogens (tertiary/aromatic N) is 2. The van der Waals surface area contributed by atoms with Crippen molar-refractivity contribution >= 4 is 39.8 Å². The molecule has 0 aliphatic heterocycles. The smallest absolute Gasteiger partial charge is 0.312 e. The second-order valence-electron chi connectivity index (χ2n) is 2.20. The largest absolute Gasteiger partial charge is 0.331 e. The Morgan fingerprint density at radius 1 is 1.67 bits per heavy atom. The molecule has 2 aromatic heterocycles. The first-order chi connectivity index (χ1) is 5.68. The molecule has 2 heterocycles. The minimum absolute atomic E-state index is 0.232. The van der Waals surface area contributed by atoms with E-state index in [1.165, 1.54) is 10.6 Å². The van der Waals surface area contributed by atoms with Crippen molar-refractivity contribution in [3.63, 3.8) is 0 Å². The van der Waals surface area contributed by atoms with Gasteiger partial charge in [-0.3, -0.25) is 0 Å². The number of aromatic amines is 1. The Kier molecular flexibility index (Phi) is 1.84. The van der Waals surface area contributed by atoms with Gasteiger partial charge in [-0.25, -0.2) is 14.2 Å². The Morgan fingerprint density at radius 3 is 3.08 bits per heavy atom. The van der Waals surface area contributed by atoms with Crippen molar-refractivity contribution in [1.29, 1.82) is 0 Å². The zero-order valence-corrected chi connectivity index (χ0v) is 8.63. The highest BCUT2D eigenvalue weighted by molar-refractivity contribution is 14.1. The van der Waals surface area contributed by atoms with Gasteiger partial charge in [0.2, 0.25) is 0 Å². The highest BCUT2D eigenvalue weighted by atomic mass is 127. The summed E-state index contributed by atoms with van der Waals surface area (Å²) >= 11 is 7.81. The van der Waals surface area contributed by atoms with Crippen LogP contribution in [-0.2, 0) is 0 Å². The van der Waals surface area contributed by atoms with Crippen molar-refractivity contribution < 1.29 is 0 Å². The summed E-state index contributed by atoms with van der Waals surface area (Å²) < 4.78 is 2.12. The third kappa shape index (κ3) is 1.13. The Hall–Kier alpha value is -0.560. The summed E-state index contributed by atoms with van der Waals surface area (Å²) in [6.45, 7) is 0. The van der Waals surface area contributed by atoms with E-state index < -0.39 is 0 Å². The first kappa shape index (κ1) is 8.06. The van der Waals surface area contributed by atoms with Crippen LogP contribution in [0.15, 0.2) is 17.2 Å². The lowest BCUT2D eigenvalue weighted by atomic mass is 10.6. The van der Waals surface area contributed by atoms with Gasteiger partial charge in [0.15, 0.2) is 5.65 Å². The lowest BCUT2D eigenvalue weighted by molar-refractivity contribution is 1.00. The van der Waals surface area contributed by atoms with E-state index >= 15 is 0 Å². The molecule has 0 radical (unpaired) electrons. The number of aromatic nitrogens is 3. The zero-order chi connectivity index (χ0) is 8.72. The van der Waals surface area contributed by atoms with Gasteiger partial charge in [-0.1, -0.05) is 11.6 Å². The van der Waals surface area contributed by atoms with Crippen LogP contribution in [0.4, 0.5) is 0 Å². The number of fused-ring (bicyclic) bond motifs is 1. The number of halogens is 2. The maximum Gasteiger partial charge on any atom is 0.331 e. The monoisotopic (exact) mass is 295 g/mol. The quantitative estimate of drug-likeness (QED) is 0.744. The van der Waals surface area contributed by atoms with Crippen LogP contribution in [0.5, 0.6) is 0 Å². The molecule has 0 spiro atoms. The summed E-state index contributed by atoms with van der Waals surface area (Å²) in [7, 11) is 0. The maximum absolute atomic E-state index is 11.1. The zero-order valence-electron chi connectivity index (χ0n) is 5.71. The Balaban J connectivity index is 3.03. The van der Waals surface area contributed by atoms with E-state index in [4.69, 9.17) is 11.6 Å². The van der Waals surface area contributed by atoms with E-state index in [-0.39, 0.29) is 5.69 Å². The molecule has 0 saturated carbocycles. The lowest BCUT2D eigenvalue weighted by Crippen LogP contribution is -2.14. The SMILES string of the molecule is O=c1[nH]cc(Cl)c2nc(I)cn12. The van der Waals surface area contributed by atoms with Crippen LogP contribution >= 0.6 is 34.2 Å². The molecule has 2 aromatic rings. The van der Waals surface area contributed by atoms with Crippen LogP contribution < -0.4 is 5.69 Å². The van der Waals surface area contributed by atoms with E-state index in [1.54, 1.807) is 6.20 Å². The fourth-order valence-corrected chi connectivity index (χ4v) is 1.63. The van der Waals surface area contributed by atoms with E-state index in [2.05, 4.69) is 9.97 Å². The van der Waals surface area contributed by atoms with E-state index in [1.807, 2.05) is 22.6 Å². The highest BCUT2D eigenvalue weighted by Crippen LogP contribution is 2.13. The molecule has 0 fully saturated rings. The summed E-state index contributed by atoms with van der Waals surface area (Å²) in [5, 5.41) is 0.442. The van der Waals surface area contributed by atoms with Gasteiger partial charge in [0.1, 0.15) is 8.72 Å². The molecule has 0 unspecified atom stereocenters. The molecular formula is C6H3ClIN3O. The molecule has 4 nitrogen and oxygen atoms in total. The molecule has 0 bridgehead atoms. The molecule has 0 saturated heterocycles. The molecular weight excluding hydrogens is 292 g/mol. The first-order valence-electron chi connectivity index (χ1n) is 3.10. The number of nitrogens with one attached hydrogen (secondary N) is 1. The van der Waals surface area contributed by atoms with E-state index in [9.17, 15) is 4.79 Å². The number of hydrogen-bond donors (Lipinski definition) is 1. The van der Waals surface area contributed by atoms with Crippen LogP contribution in [0.2, 0.25) is 5.02 Å². The third-order valence-electron chi connectivity index (χ3n) is 1.43. The molecule has 62 valence electrons. The van der Waals surface area contributed by atoms with Crippen molar-refractivity contribution in [1.82, 2.24) is 14.4 Å². The summed E-state index contributed by atoms with van der Waals surface area (Å²) in [5.74, 6) is 0. The van der Waals surface area contributed by atoms with Gasteiger partial charge in [0.25, 0.3) is 0 Å². The van der Waals surface area contributed by atoms with Crippen LogP contribution in [0.3, 0.4) is 0 Å². The minimum Gasteiger partial charge on any atom is -0.312 e. The van der Waals surface area contributed by atoms with Crippen molar-refractivity contribution in [2.75, 3.05) is 0 Å². The molecule has 0 atom stereocenters. The second kappa shape index (κ2) is 2.74. The fourth-order valence-electron chi connectivity index (χ4n) is 0.934. The van der Waals surface area contributed by atoms with Crippen LogP contribution in [0.1, 0.15) is 0 Å². The predicted octanol–water partition coefficient (Wildman–Crippen LogP) is 1.28. The third-order valence-corrected chi connectivity index (χ3v) is 2.23. The van der Waals surface area contributed by atoms with Gasteiger partial charge in [-0.15, -0.1) is 0 Å². The van der Waals surface area contributed by atoms with Crippen molar-refractivity contribution in [3.8, 4) is 0 Å². The lowest BCUT2D eigenvalue weighted by Gasteiger charge is -1.91. The molecule has 1 N–H and O–H groups in total. The summed E-state index contributed by atoms with van der Waals surface area (Å²) in [5.41, 5.74) is 0.259. The fraction of sp³-hybridized carbons (Fsp3) is 0. The molecule has 2 rings (SSSR count). The van der Waals surface area contributed by atoms with E-state index in [0.717, 1.165) is 3.70 Å². The number of hydrogen-bond acceptors (Lipinski definition) is 2. The summed E-state index contributed by atoms with van der Waals surface area (Å²) in [4.78, 5) is 17.7. The average Bonchev–Trinajstić information content (AvgIpc) is 2.41. The number of H-pyrrole nitrogens is 1. The standard InChI is InChI=1S/C6H3ClIN3O/c7-3-1-9-6(12)11-2-4(8)10-5(3)11/h1-2H,(H,9,12). The van der Waals surface area contributed by atoms with Gasteiger partial charge >= 0.3 is 5.69 Å². The van der Waals surface area contributed by atoms with E-state index in [0.29, 0.717) is 10.7 Å². The van der Waals surface area contributed by atoms with Gasteiger partial charge in [0.05, 0.1) is 0 Å². The van der Waals surface area contributed by atoms with Crippen LogP contribution in [0.25, 0.3) is 5.65 Å². The van der Waals surface area contributed by atoms with Crippen molar-refractivity contribution in [3.05, 3.63) is 31.6 Å². The predicted molar refractivity (Wildman–Crippen MR) is 53.5 cm³/mol. The maximum atomic E-state index is 11.1. The molecule has 12 heavy (non-hydrogen) atoms. The normalized spacial score (nSPS) is 10.8. The topological polar surface area (TPSA) is 50.2 Å². The Morgan fingerprint density at radius 2 is 2.42 bits per heavy atom. The second-order valence-corrected chi connectivity index (χ2v) is 3.71. The van der Waals surface area contributed by atoms with Crippen molar-refractivity contribution in [2.45, 2.75) is 0 Å². The Bertz CT molecular complexity index is 489. The summed E-state index contributed by atoms with van der Waals surface area (Å²) in [6.07, 6.45) is 3.06. The number of imidazole rings is 1. The van der Waals surface area contributed by atoms with Gasteiger partial charge in [-0.2, -0.15) is 0 Å². The Labute approximate surface area is 85.7 Å². The molecule has 0 aromatic carbocycles. The highest BCUT2D eigenvalue weighted by Gasteiger charge is 2.04. The number of rotatable bonds is 0. The average molecular weight is 295 g/mol. The molecule has 0 aliphatic rings. The van der Waals surface area contributed by atoms with Gasteiger partial charge < -0.3 is 4.98 Å². The van der Waals surface area contributed by atoms with Crippen molar-refractivity contribution in [2.24, 2.45) is 0 Å². The van der Waals surface area contributed by atoms with Crippen LogP contribution in [-0.4, -0.2) is 14.4 Å². The van der Waals surface area contributed by atoms with Gasteiger partial charge in [-0.05, 0) is 22.6 Å². The molecule has 0 amide bonds.